The number of para-hydroxylation sites is 1. The molecule has 0 unspecified atom stereocenters. The van der Waals surface area contributed by atoms with Crippen molar-refractivity contribution in [1.29, 1.82) is 0 Å². The standard InChI is InChI=1S/C23H22ClFN2O3/c24-19-6-2-4-8-21(19)29-16-18-9-10-22(30-18)23(28)27-13-11-26(12-14-27)15-17-5-1-3-7-20(17)25/h1-10H,11-16H2. The highest BCUT2D eigenvalue weighted by Crippen LogP contribution is 2.24. The van der Waals surface area contributed by atoms with Crippen LogP contribution in [0.2, 0.25) is 5.02 Å². The normalized spacial score (nSPS) is 14.7. The van der Waals surface area contributed by atoms with Crippen molar-refractivity contribution in [1.82, 2.24) is 9.80 Å². The Kier molecular flexibility index (Phi) is 6.35. The Morgan fingerprint density at radius 1 is 1.00 bits per heavy atom. The molecule has 0 atom stereocenters. The van der Waals surface area contributed by atoms with Crippen molar-refractivity contribution in [3.05, 3.63) is 88.6 Å². The molecule has 2 heterocycles. The van der Waals surface area contributed by atoms with Crippen LogP contribution < -0.4 is 4.74 Å². The van der Waals surface area contributed by atoms with Crippen LogP contribution in [0.25, 0.3) is 0 Å². The van der Waals surface area contributed by atoms with Gasteiger partial charge in [0.25, 0.3) is 5.91 Å². The number of halogens is 2. The number of furan rings is 1. The minimum atomic E-state index is -0.196. The molecular formula is C23H22ClFN2O3. The van der Waals surface area contributed by atoms with Crippen LogP contribution in [0.4, 0.5) is 4.39 Å². The summed E-state index contributed by atoms with van der Waals surface area (Å²) in [7, 11) is 0. The summed E-state index contributed by atoms with van der Waals surface area (Å²) in [4.78, 5) is 16.7. The molecule has 0 bridgehead atoms. The number of benzene rings is 2. The van der Waals surface area contributed by atoms with E-state index in [1.807, 2.05) is 18.2 Å². The van der Waals surface area contributed by atoms with Gasteiger partial charge < -0.3 is 14.1 Å². The van der Waals surface area contributed by atoms with Crippen molar-refractivity contribution >= 4 is 17.5 Å². The van der Waals surface area contributed by atoms with E-state index in [4.69, 9.17) is 20.8 Å². The van der Waals surface area contributed by atoms with Gasteiger partial charge in [-0.05, 0) is 30.3 Å². The van der Waals surface area contributed by atoms with E-state index in [9.17, 15) is 9.18 Å². The molecule has 1 amide bonds. The molecule has 7 heteroatoms. The first-order chi connectivity index (χ1) is 14.6. The van der Waals surface area contributed by atoms with Crippen LogP contribution in [0, 0.1) is 5.82 Å². The minimum Gasteiger partial charge on any atom is -0.484 e. The second-order valence-corrected chi connectivity index (χ2v) is 7.55. The highest BCUT2D eigenvalue weighted by molar-refractivity contribution is 6.32. The molecule has 0 aliphatic carbocycles. The lowest BCUT2D eigenvalue weighted by atomic mass is 10.2. The van der Waals surface area contributed by atoms with Gasteiger partial charge in [0, 0.05) is 38.3 Å². The van der Waals surface area contributed by atoms with Gasteiger partial charge in [-0.15, -0.1) is 0 Å². The van der Waals surface area contributed by atoms with Crippen LogP contribution in [0.15, 0.2) is 65.1 Å². The molecule has 0 spiro atoms. The highest BCUT2D eigenvalue weighted by atomic mass is 35.5. The summed E-state index contributed by atoms with van der Waals surface area (Å²) in [5.74, 6) is 1.06. The Bertz CT molecular complexity index is 1010. The van der Waals surface area contributed by atoms with Gasteiger partial charge in [-0.2, -0.15) is 0 Å². The van der Waals surface area contributed by atoms with E-state index in [0.717, 1.165) is 0 Å². The van der Waals surface area contributed by atoms with Crippen LogP contribution in [0.5, 0.6) is 5.75 Å². The predicted molar refractivity (Wildman–Crippen MR) is 112 cm³/mol. The van der Waals surface area contributed by atoms with Crippen molar-refractivity contribution in [2.24, 2.45) is 0 Å². The van der Waals surface area contributed by atoms with E-state index in [2.05, 4.69) is 4.90 Å². The smallest absolute Gasteiger partial charge is 0.289 e. The van der Waals surface area contributed by atoms with Gasteiger partial charge in [-0.3, -0.25) is 9.69 Å². The first-order valence-corrected chi connectivity index (χ1v) is 10.2. The van der Waals surface area contributed by atoms with Gasteiger partial charge in [0.15, 0.2) is 5.76 Å². The number of rotatable bonds is 6. The molecule has 1 saturated heterocycles. The second-order valence-electron chi connectivity index (χ2n) is 7.14. The minimum absolute atomic E-state index is 0.149. The third kappa shape index (κ3) is 4.83. The molecule has 0 N–H and O–H groups in total. The number of amides is 1. The molecule has 4 rings (SSSR count). The lowest BCUT2D eigenvalue weighted by Gasteiger charge is -2.34. The monoisotopic (exact) mass is 428 g/mol. The number of ether oxygens (including phenoxy) is 1. The summed E-state index contributed by atoms with van der Waals surface area (Å²) in [6.07, 6.45) is 0. The summed E-state index contributed by atoms with van der Waals surface area (Å²) < 4.78 is 25.2. The van der Waals surface area contributed by atoms with Gasteiger partial charge in [-0.1, -0.05) is 41.9 Å². The fraction of sp³-hybridized carbons (Fsp3) is 0.261. The van der Waals surface area contributed by atoms with Crippen LogP contribution >= 0.6 is 11.6 Å². The van der Waals surface area contributed by atoms with E-state index >= 15 is 0 Å². The Balaban J connectivity index is 1.29. The molecule has 156 valence electrons. The third-order valence-electron chi connectivity index (χ3n) is 5.09. The zero-order chi connectivity index (χ0) is 20.9. The van der Waals surface area contributed by atoms with E-state index in [1.54, 1.807) is 41.3 Å². The molecule has 5 nitrogen and oxygen atoms in total. The van der Waals surface area contributed by atoms with Crippen molar-refractivity contribution in [2.75, 3.05) is 26.2 Å². The predicted octanol–water partition coefficient (Wildman–Crippen LogP) is 4.61. The topological polar surface area (TPSA) is 45.9 Å². The van der Waals surface area contributed by atoms with Gasteiger partial charge in [0.2, 0.25) is 0 Å². The molecule has 3 aromatic rings. The third-order valence-corrected chi connectivity index (χ3v) is 5.40. The number of carbonyl (C=O) groups is 1. The van der Waals surface area contributed by atoms with Gasteiger partial charge in [0.1, 0.15) is 23.9 Å². The summed E-state index contributed by atoms with van der Waals surface area (Å²) >= 11 is 6.08. The van der Waals surface area contributed by atoms with E-state index in [1.165, 1.54) is 6.07 Å². The highest BCUT2D eigenvalue weighted by Gasteiger charge is 2.24. The van der Waals surface area contributed by atoms with Crippen molar-refractivity contribution < 1.29 is 18.3 Å². The Morgan fingerprint density at radius 2 is 1.73 bits per heavy atom. The number of hydrogen-bond acceptors (Lipinski definition) is 4. The van der Waals surface area contributed by atoms with Gasteiger partial charge >= 0.3 is 0 Å². The molecule has 1 aliphatic rings. The zero-order valence-corrected chi connectivity index (χ0v) is 17.1. The number of nitrogens with zero attached hydrogens (tertiary/aromatic N) is 2. The molecule has 1 aromatic heterocycles. The Hall–Kier alpha value is -2.83. The Labute approximate surface area is 179 Å². The first kappa shape index (κ1) is 20.4. The van der Waals surface area contributed by atoms with Crippen molar-refractivity contribution in [3.8, 4) is 5.75 Å². The lowest BCUT2D eigenvalue weighted by molar-refractivity contribution is 0.0592. The summed E-state index contributed by atoms with van der Waals surface area (Å²) in [6.45, 7) is 3.23. The maximum absolute atomic E-state index is 13.8. The lowest BCUT2D eigenvalue weighted by Crippen LogP contribution is -2.48. The molecule has 0 radical (unpaired) electrons. The Morgan fingerprint density at radius 3 is 2.50 bits per heavy atom. The molecule has 1 aliphatic heterocycles. The summed E-state index contributed by atoms with van der Waals surface area (Å²) in [5, 5.41) is 0.522. The van der Waals surface area contributed by atoms with Crippen molar-refractivity contribution in [3.63, 3.8) is 0 Å². The average Bonchev–Trinajstić information content (AvgIpc) is 3.24. The molecule has 0 saturated carbocycles. The fourth-order valence-electron chi connectivity index (χ4n) is 3.41. The first-order valence-electron chi connectivity index (χ1n) is 9.81. The maximum Gasteiger partial charge on any atom is 0.289 e. The fourth-order valence-corrected chi connectivity index (χ4v) is 3.60. The molecule has 30 heavy (non-hydrogen) atoms. The SMILES string of the molecule is O=C(c1ccc(COc2ccccc2Cl)o1)N1CCN(Cc2ccccc2F)CC1. The van der Waals surface area contributed by atoms with Crippen LogP contribution in [-0.2, 0) is 13.2 Å². The largest absolute Gasteiger partial charge is 0.484 e. The van der Waals surface area contributed by atoms with Crippen LogP contribution in [0.1, 0.15) is 21.9 Å². The number of piperazine rings is 1. The average molecular weight is 429 g/mol. The second kappa shape index (κ2) is 9.32. The molecule has 1 fully saturated rings. The summed E-state index contributed by atoms with van der Waals surface area (Å²) in [5.41, 5.74) is 0.673. The molecular weight excluding hydrogens is 407 g/mol. The van der Waals surface area contributed by atoms with E-state index in [-0.39, 0.29) is 24.1 Å². The van der Waals surface area contributed by atoms with Crippen LogP contribution in [-0.4, -0.2) is 41.9 Å². The van der Waals surface area contributed by atoms with E-state index in [0.29, 0.717) is 54.8 Å². The molecule has 2 aromatic carbocycles. The maximum atomic E-state index is 13.8. The number of hydrogen-bond donors (Lipinski definition) is 0. The van der Waals surface area contributed by atoms with Gasteiger partial charge in [-0.25, -0.2) is 4.39 Å². The number of carbonyl (C=O) groups excluding carboxylic acids is 1. The van der Waals surface area contributed by atoms with Crippen LogP contribution in [0.3, 0.4) is 0 Å². The van der Waals surface area contributed by atoms with Crippen molar-refractivity contribution in [2.45, 2.75) is 13.2 Å². The van der Waals surface area contributed by atoms with E-state index < -0.39 is 0 Å². The van der Waals surface area contributed by atoms with Gasteiger partial charge in [0.05, 0.1) is 5.02 Å². The quantitative estimate of drug-likeness (QED) is 0.575. The zero-order valence-electron chi connectivity index (χ0n) is 16.4. The summed E-state index contributed by atoms with van der Waals surface area (Å²) in [6, 6.07) is 17.4.